The Morgan fingerprint density at radius 1 is 1.05 bits per heavy atom. The minimum absolute atomic E-state index is 0.285. The Kier molecular flexibility index (Phi) is 6.22. The van der Waals surface area contributed by atoms with Crippen LogP contribution in [-0.4, -0.2) is 21.3 Å². The molecule has 1 fully saturated rings. The van der Waals surface area contributed by atoms with Gasteiger partial charge >= 0.3 is 0 Å². The van der Waals surface area contributed by atoms with Gasteiger partial charge in [0.2, 0.25) is 5.75 Å². The van der Waals surface area contributed by atoms with Crippen molar-refractivity contribution < 1.29 is 14.2 Å². The summed E-state index contributed by atoms with van der Waals surface area (Å²) in [5, 5.41) is 0. The van der Waals surface area contributed by atoms with Gasteiger partial charge in [0.25, 0.3) is 0 Å². The summed E-state index contributed by atoms with van der Waals surface area (Å²) >= 11 is 3.82. The summed E-state index contributed by atoms with van der Waals surface area (Å²) in [6, 6.07) is 4.01. The zero-order chi connectivity index (χ0) is 15.2. The molecule has 0 heterocycles. The SMILES string of the molecule is COc1ccc(C(Br)CCC2CCCC2)c(OC)c1OC. The van der Waals surface area contributed by atoms with Crippen LogP contribution < -0.4 is 14.2 Å². The first-order valence-electron chi connectivity index (χ1n) is 7.64. The lowest BCUT2D eigenvalue weighted by Crippen LogP contribution is -2.02. The van der Waals surface area contributed by atoms with Gasteiger partial charge in [-0.3, -0.25) is 0 Å². The van der Waals surface area contributed by atoms with Crippen LogP contribution in [0, 0.1) is 5.92 Å². The van der Waals surface area contributed by atoms with Crippen LogP contribution >= 0.6 is 15.9 Å². The molecule has 2 rings (SSSR count). The number of hydrogen-bond donors (Lipinski definition) is 0. The standard InChI is InChI=1S/C17H25BrO3/c1-19-15-11-9-13(16(20-2)17(15)21-3)14(18)10-8-12-6-4-5-7-12/h9,11-12,14H,4-8,10H2,1-3H3. The van der Waals surface area contributed by atoms with Gasteiger partial charge in [-0.05, 0) is 24.8 Å². The first-order chi connectivity index (χ1) is 10.2. The molecule has 0 bridgehead atoms. The van der Waals surface area contributed by atoms with Crippen LogP contribution in [0.1, 0.15) is 48.9 Å². The molecular weight excluding hydrogens is 332 g/mol. The quantitative estimate of drug-likeness (QED) is 0.634. The normalized spacial score (nSPS) is 16.8. The van der Waals surface area contributed by atoms with Gasteiger partial charge in [0.05, 0.1) is 21.3 Å². The van der Waals surface area contributed by atoms with E-state index >= 15 is 0 Å². The number of halogens is 1. The van der Waals surface area contributed by atoms with Gasteiger partial charge in [0, 0.05) is 10.4 Å². The highest BCUT2D eigenvalue weighted by atomic mass is 79.9. The highest BCUT2D eigenvalue weighted by molar-refractivity contribution is 9.09. The molecule has 0 aliphatic heterocycles. The van der Waals surface area contributed by atoms with Crippen LogP contribution in [-0.2, 0) is 0 Å². The number of benzene rings is 1. The lowest BCUT2D eigenvalue weighted by Gasteiger charge is -2.19. The van der Waals surface area contributed by atoms with Gasteiger partial charge in [-0.2, -0.15) is 0 Å². The van der Waals surface area contributed by atoms with Crippen LogP contribution in [0.3, 0.4) is 0 Å². The number of hydrogen-bond acceptors (Lipinski definition) is 3. The Morgan fingerprint density at radius 3 is 2.29 bits per heavy atom. The van der Waals surface area contributed by atoms with Gasteiger partial charge < -0.3 is 14.2 Å². The van der Waals surface area contributed by atoms with Crippen LogP contribution in [0.15, 0.2) is 12.1 Å². The first-order valence-corrected chi connectivity index (χ1v) is 8.55. The zero-order valence-corrected chi connectivity index (χ0v) is 14.7. The Labute approximate surface area is 136 Å². The van der Waals surface area contributed by atoms with Crippen molar-refractivity contribution >= 4 is 15.9 Å². The van der Waals surface area contributed by atoms with Crippen molar-refractivity contribution in [2.75, 3.05) is 21.3 Å². The van der Waals surface area contributed by atoms with Crippen molar-refractivity contribution in [3.63, 3.8) is 0 Å². The van der Waals surface area contributed by atoms with Crippen molar-refractivity contribution in [2.45, 2.75) is 43.4 Å². The molecule has 118 valence electrons. The Morgan fingerprint density at radius 2 is 1.71 bits per heavy atom. The molecule has 1 atom stereocenters. The van der Waals surface area contributed by atoms with Gasteiger partial charge in [0.15, 0.2) is 11.5 Å². The van der Waals surface area contributed by atoms with E-state index in [1.54, 1.807) is 21.3 Å². The van der Waals surface area contributed by atoms with E-state index in [4.69, 9.17) is 14.2 Å². The van der Waals surface area contributed by atoms with E-state index in [1.165, 1.54) is 32.1 Å². The Bertz CT molecular complexity index is 456. The molecule has 0 aromatic heterocycles. The van der Waals surface area contributed by atoms with Gasteiger partial charge in [-0.25, -0.2) is 0 Å². The van der Waals surface area contributed by atoms with Crippen LogP contribution in [0.4, 0.5) is 0 Å². The van der Waals surface area contributed by atoms with Crippen molar-refractivity contribution in [2.24, 2.45) is 5.92 Å². The van der Waals surface area contributed by atoms with E-state index in [0.717, 1.165) is 23.7 Å². The lowest BCUT2D eigenvalue weighted by atomic mass is 9.97. The minimum Gasteiger partial charge on any atom is -0.493 e. The molecule has 0 saturated heterocycles. The van der Waals surface area contributed by atoms with Crippen molar-refractivity contribution in [3.8, 4) is 17.2 Å². The molecular formula is C17H25BrO3. The second-order valence-corrected chi connectivity index (χ2v) is 6.72. The predicted molar refractivity (Wildman–Crippen MR) is 89.0 cm³/mol. The topological polar surface area (TPSA) is 27.7 Å². The summed E-state index contributed by atoms with van der Waals surface area (Å²) in [5.41, 5.74) is 1.13. The zero-order valence-electron chi connectivity index (χ0n) is 13.2. The molecule has 1 aromatic carbocycles. The number of ether oxygens (including phenoxy) is 3. The molecule has 0 spiro atoms. The molecule has 0 amide bonds. The van der Waals surface area contributed by atoms with Crippen LogP contribution in [0.2, 0.25) is 0 Å². The maximum atomic E-state index is 5.57. The summed E-state index contributed by atoms with van der Waals surface area (Å²) in [5.74, 6) is 3.04. The number of methoxy groups -OCH3 is 3. The van der Waals surface area contributed by atoms with Gasteiger partial charge in [-0.15, -0.1) is 0 Å². The maximum absolute atomic E-state index is 5.57. The molecule has 4 heteroatoms. The monoisotopic (exact) mass is 356 g/mol. The average Bonchev–Trinajstić information content (AvgIpc) is 3.04. The third-order valence-corrected chi connectivity index (χ3v) is 5.33. The molecule has 0 N–H and O–H groups in total. The fraction of sp³-hybridized carbons (Fsp3) is 0.647. The van der Waals surface area contributed by atoms with E-state index in [2.05, 4.69) is 22.0 Å². The first kappa shape index (κ1) is 16.5. The second kappa shape index (κ2) is 7.92. The number of rotatable bonds is 7. The highest BCUT2D eigenvalue weighted by Gasteiger charge is 2.22. The van der Waals surface area contributed by atoms with Crippen molar-refractivity contribution in [3.05, 3.63) is 17.7 Å². The summed E-state index contributed by atoms with van der Waals surface area (Å²) in [7, 11) is 4.96. The maximum Gasteiger partial charge on any atom is 0.203 e. The lowest BCUT2D eigenvalue weighted by molar-refractivity contribution is 0.321. The van der Waals surface area contributed by atoms with E-state index in [1.807, 2.05) is 6.07 Å². The molecule has 1 aliphatic rings. The molecule has 1 saturated carbocycles. The number of alkyl halides is 1. The molecule has 1 aromatic rings. The molecule has 0 radical (unpaired) electrons. The van der Waals surface area contributed by atoms with Crippen molar-refractivity contribution in [1.29, 1.82) is 0 Å². The second-order valence-electron chi connectivity index (χ2n) is 5.62. The third kappa shape index (κ3) is 3.85. The smallest absolute Gasteiger partial charge is 0.203 e. The summed E-state index contributed by atoms with van der Waals surface area (Å²) in [6.45, 7) is 0. The summed E-state index contributed by atoms with van der Waals surface area (Å²) in [6.07, 6.45) is 7.98. The largest absolute Gasteiger partial charge is 0.493 e. The van der Waals surface area contributed by atoms with E-state index in [9.17, 15) is 0 Å². The summed E-state index contributed by atoms with van der Waals surface area (Å²) < 4.78 is 16.4. The predicted octanol–water partition coefficient (Wildman–Crippen LogP) is 5.12. The fourth-order valence-electron chi connectivity index (χ4n) is 3.21. The van der Waals surface area contributed by atoms with E-state index in [-0.39, 0.29) is 4.83 Å². The van der Waals surface area contributed by atoms with Crippen LogP contribution in [0.25, 0.3) is 0 Å². The van der Waals surface area contributed by atoms with Gasteiger partial charge in [-0.1, -0.05) is 47.7 Å². The molecule has 1 aliphatic carbocycles. The molecule has 21 heavy (non-hydrogen) atoms. The Hall–Kier alpha value is -0.900. The molecule has 1 unspecified atom stereocenters. The summed E-state index contributed by atoms with van der Waals surface area (Å²) in [4.78, 5) is 0.285. The van der Waals surface area contributed by atoms with E-state index in [0.29, 0.717) is 11.5 Å². The molecule has 3 nitrogen and oxygen atoms in total. The van der Waals surface area contributed by atoms with Crippen molar-refractivity contribution in [1.82, 2.24) is 0 Å². The minimum atomic E-state index is 0.285. The third-order valence-electron chi connectivity index (χ3n) is 4.38. The van der Waals surface area contributed by atoms with E-state index < -0.39 is 0 Å². The van der Waals surface area contributed by atoms with Gasteiger partial charge in [0.1, 0.15) is 0 Å². The Balaban J connectivity index is 2.13. The highest BCUT2D eigenvalue weighted by Crippen LogP contribution is 2.46. The average molecular weight is 357 g/mol. The van der Waals surface area contributed by atoms with Crippen LogP contribution in [0.5, 0.6) is 17.2 Å². The fourth-order valence-corrected chi connectivity index (χ4v) is 3.83.